The predicted octanol–water partition coefficient (Wildman–Crippen LogP) is 2.60. The molecular weight excluding hydrogens is 436 g/mol. The van der Waals surface area contributed by atoms with Crippen LogP contribution >= 0.6 is 11.3 Å². The smallest absolute Gasteiger partial charge is 0.223 e. The Hall–Kier alpha value is -2.26. The molecule has 8 nitrogen and oxygen atoms in total. The van der Waals surface area contributed by atoms with Gasteiger partial charge in [-0.2, -0.15) is 0 Å². The van der Waals surface area contributed by atoms with Crippen molar-refractivity contribution in [3.63, 3.8) is 0 Å². The van der Waals surface area contributed by atoms with Crippen LogP contribution in [0.3, 0.4) is 0 Å². The highest BCUT2D eigenvalue weighted by molar-refractivity contribution is 7.21. The first-order valence-electron chi connectivity index (χ1n) is 12.4. The number of likely N-dealkylation sites (tertiary alicyclic amines) is 2. The van der Waals surface area contributed by atoms with Gasteiger partial charge in [-0.1, -0.05) is 17.8 Å². The average molecular weight is 471 g/mol. The molecule has 3 fully saturated rings. The Kier molecular flexibility index (Phi) is 7.06. The summed E-state index contributed by atoms with van der Waals surface area (Å²) in [5.41, 5.74) is 0.925. The van der Waals surface area contributed by atoms with Gasteiger partial charge in [-0.15, -0.1) is 0 Å². The lowest BCUT2D eigenvalue weighted by molar-refractivity contribution is -0.138. The molecule has 0 N–H and O–H groups in total. The summed E-state index contributed by atoms with van der Waals surface area (Å²) in [5, 5.41) is 0.971. The number of hydrogen-bond acceptors (Lipinski definition) is 7. The molecule has 33 heavy (non-hydrogen) atoms. The molecule has 0 atom stereocenters. The topological polar surface area (TPSA) is 72.9 Å². The molecule has 0 aromatic carbocycles. The molecule has 2 amide bonds. The van der Waals surface area contributed by atoms with Crippen molar-refractivity contribution in [2.24, 2.45) is 0 Å². The van der Waals surface area contributed by atoms with Gasteiger partial charge >= 0.3 is 0 Å². The fourth-order valence-electron chi connectivity index (χ4n) is 5.33. The molecule has 0 unspecified atom stereocenters. The Morgan fingerprint density at radius 3 is 2.21 bits per heavy atom. The molecule has 0 radical (unpaired) electrons. The minimum absolute atomic E-state index is 0.0946. The Morgan fingerprint density at radius 1 is 0.879 bits per heavy atom. The number of pyridine rings is 1. The number of nitrogens with zero attached hydrogens (tertiary/aromatic N) is 6. The number of hydrogen-bond donors (Lipinski definition) is 0. The van der Waals surface area contributed by atoms with Crippen LogP contribution in [-0.4, -0.2) is 94.9 Å². The van der Waals surface area contributed by atoms with Crippen molar-refractivity contribution in [2.45, 2.75) is 51.0 Å². The zero-order valence-corrected chi connectivity index (χ0v) is 20.1. The van der Waals surface area contributed by atoms with E-state index in [4.69, 9.17) is 0 Å². The van der Waals surface area contributed by atoms with Crippen LogP contribution in [0.15, 0.2) is 18.3 Å². The second kappa shape index (κ2) is 10.3. The number of carbonyl (C=O) groups excluding carboxylic acids is 2. The van der Waals surface area contributed by atoms with E-state index in [-0.39, 0.29) is 11.8 Å². The minimum atomic E-state index is 0.0946. The van der Waals surface area contributed by atoms with E-state index in [1.165, 1.54) is 32.4 Å². The summed E-state index contributed by atoms with van der Waals surface area (Å²) < 4.78 is 0. The molecule has 3 aliphatic heterocycles. The van der Waals surface area contributed by atoms with Gasteiger partial charge in [-0.3, -0.25) is 9.59 Å². The first-order valence-corrected chi connectivity index (χ1v) is 13.2. The minimum Gasteiger partial charge on any atom is -0.344 e. The molecule has 3 saturated heterocycles. The Morgan fingerprint density at radius 2 is 1.55 bits per heavy atom. The first kappa shape index (κ1) is 22.5. The van der Waals surface area contributed by atoms with Crippen molar-refractivity contribution in [2.75, 3.05) is 57.3 Å². The maximum atomic E-state index is 12.7. The Labute approximate surface area is 199 Å². The fourth-order valence-corrected chi connectivity index (χ4v) is 6.30. The van der Waals surface area contributed by atoms with E-state index in [1.807, 2.05) is 21.9 Å². The van der Waals surface area contributed by atoms with E-state index in [0.29, 0.717) is 32.0 Å². The van der Waals surface area contributed by atoms with Crippen LogP contribution in [0.25, 0.3) is 10.3 Å². The van der Waals surface area contributed by atoms with E-state index in [1.54, 1.807) is 17.5 Å². The molecule has 3 aliphatic rings. The number of amides is 2. The van der Waals surface area contributed by atoms with E-state index >= 15 is 0 Å². The monoisotopic (exact) mass is 470 g/mol. The third kappa shape index (κ3) is 5.30. The van der Waals surface area contributed by atoms with Crippen molar-refractivity contribution in [3.8, 4) is 0 Å². The second-order valence-electron chi connectivity index (χ2n) is 9.40. The summed E-state index contributed by atoms with van der Waals surface area (Å²) in [5.74, 6) is 0.234. The summed E-state index contributed by atoms with van der Waals surface area (Å²) >= 11 is 1.60. The highest BCUT2D eigenvalue weighted by Crippen LogP contribution is 2.28. The molecule has 2 aromatic rings. The normalized spacial score (nSPS) is 21.0. The number of rotatable bonds is 5. The molecule has 0 bridgehead atoms. The van der Waals surface area contributed by atoms with Crippen molar-refractivity contribution in [3.05, 3.63) is 18.3 Å². The molecule has 5 rings (SSSR count). The number of aromatic nitrogens is 2. The zero-order chi connectivity index (χ0) is 22.6. The van der Waals surface area contributed by atoms with Gasteiger partial charge in [0.2, 0.25) is 11.8 Å². The number of piperazine rings is 1. The molecule has 178 valence electrons. The second-order valence-corrected chi connectivity index (χ2v) is 10.4. The predicted molar refractivity (Wildman–Crippen MR) is 130 cm³/mol. The maximum absolute atomic E-state index is 12.7. The molecule has 9 heteroatoms. The summed E-state index contributed by atoms with van der Waals surface area (Å²) in [6.07, 6.45) is 8.56. The lowest BCUT2D eigenvalue weighted by atomic mass is 9.99. The van der Waals surface area contributed by atoms with Gasteiger partial charge in [-0.05, 0) is 50.9 Å². The molecule has 0 saturated carbocycles. The third-order valence-corrected chi connectivity index (χ3v) is 8.37. The number of fused-ring (bicyclic) bond motifs is 1. The van der Waals surface area contributed by atoms with Gasteiger partial charge in [0.05, 0.1) is 0 Å². The largest absolute Gasteiger partial charge is 0.344 e. The van der Waals surface area contributed by atoms with Crippen molar-refractivity contribution in [1.82, 2.24) is 24.7 Å². The van der Waals surface area contributed by atoms with Crippen LogP contribution in [0.1, 0.15) is 44.9 Å². The van der Waals surface area contributed by atoms with Crippen LogP contribution < -0.4 is 4.90 Å². The van der Waals surface area contributed by atoms with Gasteiger partial charge in [0.1, 0.15) is 10.3 Å². The van der Waals surface area contributed by atoms with Crippen LogP contribution in [-0.2, 0) is 9.59 Å². The van der Waals surface area contributed by atoms with Crippen molar-refractivity contribution >= 4 is 38.6 Å². The highest BCUT2D eigenvalue weighted by atomic mass is 32.1. The Balaban J connectivity index is 1.03. The molecular formula is C24H34N6O2S. The molecule has 0 aliphatic carbocycles. The molecule has 2 aromatic heterocycles. The number of anilines is 1. The van der Waals surface area contributed by atoms with Gasteiger partial charge in [-0.25, -0.2) is 9.97 Å². The summed E-state index contributed by atoms with van der Waals surface area (Å²) in [6, 6.07) is 4.52. The van der Waals surface area contributed by atoms with Crippen molar-refractivity contribution in [1.29, 1.82) is 0 Å². The number of piperidine rings is 2. The van der Waals surface area contributed by atoms with Crippen LogP contribution in [0.4, 0.5) is 5.13 Å². The summed E-state index contributed by atoms with van der Waals surface area (Å²) in [6.45, 7) is 7.00. The average Bonchev–Trinajstić information content (AvgIpc) is 3.32. The third-order valence-electron chi connectivity index (χ3n) is 7.33. The van der Waals surface area contributed by atoms with Crippen LogP contribution in [0.5, 0.6) is 0 Å². The molecule has 5 heterocycles. The summed E-state index contributed by atoms with van der Waals surface area (Å²) in [4.78, 5) is 44.2. The van der Waals surface area contributed by atoms with Gasteiger partial charge in [0, 0.05) is 64.3 Å². The lowest BCUT2D eigenvalue weighted by Gasteiger charge is -2.40. The van der Waals surface area contributed by atoms with E-state index in [2.05, 4.69) is 19.8 Å². The maximum Gasteiger partial charge on any atom is 0.223 e. The van der Waals surface area contributed by atoms with E-state index in [9.17, 15) is 9.59 Å². The van der Waals surface area contributed by atoms with Gasteiger partial charge in [0.25, 0.3) is 0 Å². The lowest BCUT2D eigenvalue weighted by Crippen LogP contribution is -2.49. The SMILES string of the molecule is O=C(CCC(=O)N1CCN(c2nc3cccnc3s2)CC1)N1CCC(N2CCCCC2)CC1. The quantitative estimate of drug-likeness (QED) is 0.669. The van der Waals surface area contributed by atoms with E-state index in [0.717, 1.165) is 54.5 Å². The fraction of sp³-hybridized carbons (Fsp3) is 0.667. The van der Waals surface area contributed by atoms with E-state index < -0.39 is 0 Å². The first-order chi connectivity index (χ1) is 16.2. The highest BCUT2D eigenvalue weighted by Gasteiger charge is 2.28. The Bertz CT molecular complexity index is 926. The summed E-state index contributed by atoms with van der Waals surface area (Å²) in [7, 11) is 0. The van der Waals surface area contributed by atoms with Gasteiger partial charge < -0.3 is 19.6 Å². The van der Waals surface area contributed by atoms with Gasteiger partial charge in [0.15, 0.2) is 5.13 Å². The zero-order valence-electron chi connectivity index (χ0n) is 19.3. The van der Waals surface area contributed by atoms with Crippen LogP contribution in [0.2, 0.25) is 0 Å². The molecule has 0 spiro atoms. The van der Waals surface area contributed by atoms with Crippen molar-refractivity contribution < 1.29 is 9.59 Å². The number of carbonyl (C=O) groups is 2. The number of thiazole rings is 1. The standard InChI is InChI=1S/C24H34N6O2S/c31-21(28-13-8-19(9-14-28)27-11-2-1-3-12-27)6-7-22(32)29-15-17-30(18-16-29)24-26-20-5-4-10-25-23(20)33-24/h4-5,10,19H,1-3,6-9,11-18H2. The van der Waals surface area contributed by atoms with Crippen LogP contribution in [0, 0.1) is 0 Å².